The molecule has 1 amide bonds. The number of hydrogen-bond donors (Lipinski definition) is 2. The minimum atomic E-state index is -0.774. The van der Waals surface area contributed by atoms with Crippen molar-refractivity contribution >= 4 is 5.91 Å². The maximum atomic E-state index is 11.2. The van der Waals surface area contributed by atoms with E-state index in [9.17, 15) is 4.79 Å². The normalized spacial score (nSPS) is 30.3. The van der Waals surface area contributed by atoms with Crippen LogP contribution >= 0.6 is 0 Å². The van der Waals surface area contributed by atoms with Gasteiger partial charge in [-0.1, -0.05) is 0 Å². The number of primary amides is 1. The number of rotatable bonds is 2. The number of nitrogens with two attached hydrogens (primary N) is 2. The second kappa shape index (κ2) is 4.28. The van der Waals surface area contributed by atoms with Gasteiger partial charge in [0.25, 0.3) is 0 Å². The van der Waals surface area contributed by atoms with Crippen molar-refractivity contribution in [1.29, 1.82) is 0 Å². The second-order valence-electron chi connectivity index (χ2n) is 4.50. The molecule has 0 aromatic heterocycles. The van der Waals surface area contributed by atoms with Crippen LogP contribution in [-0.4, -0.2) is 35.5 Å². The van der Waals surface area contributed by atoms with Crippen LogP contribution < -0.4 is 11.5 Å². The fourth-order valence-corrected chi connectivity index (χ4v) is 1.94. The van der Waals surface area contributed by atoms with Crippen LogP contribution in [0.25, 0.3) is 0 Å². The molecular weight excluding hydrogens is 178 g/mol. The van der Waals surface area contributed by atoms with Crippen LogP contribution in [0, 0.1) is 0 Å². The fraction of sp³-hybridized carbons (Fsp3) is 0.900. The van der Waals surface area contributed by atoms with Gasteiger partial charge in [0.05, 0.1) is 5.54 Å². The zero-order valence-electron chi connectivity index (χ0n) is 9.12. The zero-order valence-corrected chi connectivity index (χ0v) is 9.12. The number of amides is 1. The lowest BCUT2D eigenvalue weighted by Crippen LogP contribution is -2.52. The standard InChI is InChI=1S/C10H21N3O/c1-8(2)13-6-3-4-10(12,5-7-13)9(11)14/h8H,3-7,12H2,1-2H3,(H2,11,14). The van der Waals surface area contributed by atoms with Crippen molar-refractivity contribution in [2.24, 2.45) is 11.5 Å². The quantitative estimate of drug-likeness (QED) is 0.660. The van der Waals surface area contributed by atoms with Crippen LogP contribution in [0.1, 0.15) is 33.1 Å². The molecule has 0 spiro atoms. The van der Waals surface area contributed by atoms with E-state index >= 15 is 0 Å². The average Bonchev–Trinajstić information content (AvgIpc) is 2.28. The number of carbonyl (C=O) groups excluding carboxylic acids is 1. The molecule has 82 valence electrons. The van der Waals surface area contributed by atoms with Crippen LogP contribution in [0.4, 0.5) is 0 Å². The molecule has 1 aliphatic rings. The van der Waals surface area contributed by atoms with Gasteiger partial charge in [-0.2, -0.15) is 0 Å². The minimum absolute atomic E-state index is 0.358. The first kappa shape index (κ1) is 11.5. The average molecular weight is 199 g/mol. The van der Waals surface area contributed by atoms with Gasteiger partial charge in [-0.05, 0) is 39.7 Å². The Hall–Kier alpha value is -0.610. The Morgan fingerprint density at radius 3 is 2.50 bits per heavy atom. The molecule has 4 nitrogen and oxygen atoms in total. The summed E-state index contributed by atoms with van der Waals surface area (Å²) in [4.78, 5) is 13.5. The van der Waals surface area contributed by atoms with Crippen molar-refractivity contribution in [3.63, 3.8) is 0 Å². The van der Waals surface area contributed by atoms with E-state index in [0.29, 0.717) is 18.9 Å². The Morgan fingerprint density at radius 2 is 2.00 bits per heavy atom. The van der Waals surface area contributed by atoms with Gasteiger partial charge in [0, 0.05) is 12.6 Å². The van der Waals surface area contributed by atoms with Gasteiger partial charge in [-0.3, -0.25) is 4.79 Å². The summed E-state index contributed by atoms with van der Waals surface area (Å²) in [6.45, 7) is 6.21. The molecule has 1 heterocycles. The van der Waals surface area contributed by atoms with Crippen LogP contribution in [0.3, 0.4) is 0 Å². The lowest BCUT2D eigenvalue weighted by atomic mass is 9.91. The molecule has 0 bridgehead atoms. The van der Waals surface area contributed by atoms with E-state index in [-0.39, 0.29) is 5.91 Å². The fourth-order valence-electron chi connectivity index (χ4n) is 1.94. The third-order valence-electron chi connectivity index (χ3n) is 3.13. The largest absolute Gasteiger partial charge is 0.368 e. The molecule has 0 aromatic carbocycles. The van der Waals surface area contributed by atoms with Crippen molar-refractivity contribution < 1.29 is 4.79 Å². The highest BCUT2D eigenvalue weighted by Gasteiger charge is 2.34. The predicted molar refractivity (Wildman–Crippen MR) is 56.7 cm³/mol. The predicted octanol–water partition coefficient (Wildman–Crippen LogP) is 0.0635. The van der Waals surface area contributed by atoms with Gasteiger partial charge < -0.3 is 16.4 Å². The van der Waals surface area contributed by atoms with E-state index in [4.69, 9.17) is 11.5 Å². The molecule has 4 heteroatoms. The van der Waals surface area contributed by atoms with Gasteiger partial charge in [-0.15, -0.1) is 0 Å². The summed E-state index contributed by atoms with van der Waals surface area (Å²) in [5.74, 6) is -0.358. The molecule has 0 saturated carbocycles. The SMILES string of the molecule is CC(C)N1CCCC(N)(C(N)=O)CC1. The van der Waals surface area contributed by atoms with Gasteiger partial charge in [0.15, 0.2) is 0 Å². The highest BCUT2D eigenvalue weighted by atomic mass is 16.1. The second-order valence-corrected chi connectivity index (χ2v) is 4.50. The van der Waals surface area contributed by atoms with Crippen molar-refractivity contribution in [3.8, 4) is 0 Å². The van der Waals surface area contributed by atoms with E-state index in [2.05, 4.69) is 18.7 Å². The lowest BCUT2D eigenvalue weighted by molar-refractivity contribution is -0.123. The van der Waals surface area contributed by atoms with E-state index in [1.165, 1.54) is 0 Å². The summed E-state index contributed by atoms with van der Waals surface area (Å²) in [5.41, 5.74) is 10.5. The van der Waals surface area contributed by atoms with Crippen LogP contribution in [0.15, 0.2) is 0 Å². The summed E-state index contributed by atoms with van der Waals surface area (Å²) in [6.07, 6.45) is 2.35. The summed E-state index contributed by atoms with van der Waals surface area (Å²) in [7, 11) is 0. The lowest BCUT2D eigenvalue weighted by Gasteiger charge is -2.26. The Morgan fingerprint density at radius 1 is 1.36 bits per heavy atom. The first-order valence-electron chi connectivity index (χ1n) is 5.28. The maximum Gasteiger partial charge on any atom is 0.237 e. The van der Waals surface area contributed by atoms with Crippen LogP contribution in [-0.2, 0) is 4.79 Å². The van der Waals surface area contributed by atoms with Crippen molar-refractivity contribution in [2.75, 3.05) is 13.1 Å². The highest BCUT2D eigenvalue weighted by molar-refractivity contribution is 5.84. The van der Waals surface area contributed by atoms with E-state index < -0.39 is 5.54 Å². The number of hydrogen-bond acceptors (Lipinski definition) is 3. The monoisotopic (exact) mass is 199 g/mol. The number of nitrogens with zero attached hydrogens (tertiary/aromatic N) is 1. The summed E-state index contributed by atoms with van der Waals surface area (Å²) in [5, 5.41) is 0. The Balaban J connectivity index is 2.61. The maximum absolute atomic E-state index is 11.2. The number of likely N-dealkylation sites (tertiary alicyclic amines) is 1. The van der Waals surface area contributed by atoms with E-state index in [1.807, 2.05) is 0 Å². The smallest absolute Gasteiger partial charge is 0.237 e. The van der Waals surface area contributed by atoms with Crippen LogP contribution in [0.2, 0.25) is 0 Å². The first-order chi connectivity index (χ1) is 6.46. The molecular formula is C10H21N3O. The molecule has 1 atom stereocenters. The Bertz CT molecular complexity index is 217. The topological polar surface area (TPSA) is 72.3 Å². The van der Waals surface area contributed by atoms with Crippen molar-refractivity contribution in [1.82, 2.24) is 4.90 Å². The van der Waals surface area contributed by atoms with Crippen molar-refractivity contribution in [3.05, 3.63) is 0 Å². The molecule has 1 rings (SSSR count). The summed E-state index contributed by atoms with van der Waals surface area (Å²) < 4.78 is 0. The highest BCUT2D eigenvalue weighted by Crippen LogP contribution is 2.20. The van der Waals surface area contributed by atoms with Crippen molar-refractivity contribution in [2.45, 2.75) is 44.7 Å². The molecule has 1 saturated heterocycles. The van der Waals surface area contributed by atoms with Gasteiger partial charge >= 0.3 is 0 Å². The van der Waals surface area contributed by atoms with E-state index in [1.54, 1.807) is 0 Å². The third kappa shape index (κ3) is 2.45. The number of carbonyl (C=O) groups is 1. The van der Waals surface area contributed by atoms with Gasteiger partial charge in [0.2, 0.25) is 5.91 Å². The Kier molecular flexibility index (Phi) is 3.50. The molecule has 14 heavy (non-hydrogen) atoms. The van der Waals surface area contributed by atoms with E-state index in [0.717, 1.165) is 19.5 Å². The molecule has 1 aliphatic heterocycles. The Labute approximate surface area is 85.6 Å². The minimum Gasteiger partial charge on any atom is -0.368 e. The molecule has 0 aromatic rings. The summed E-state index contributed by atoms with van der Waals surface area (Å²) in [6, 6.07) is 0.519. The first-order valence-corrected chi connectivity index (χ1v) is 5.28. The zero-order chi connectivity index (χ0) is 10.8. The molecule has 1 unspecified atom stereocenters. The molecule has 0 radical (unpaired) electrons. The van der Waals surface area contributed by atoms with Gasteiger partial charge in [0.1, 0.15) is 0 Å². The third-order valence-corrected chi connectivity index (χ3v) is 3.13. The van der Waals surface area contributed by atoms with Gasteiger partial charge in [-0.25, -0.2) is 0 Å². The molecule has 0 aliphatic carbocycles. The van der Waals surface area contributed by atoms with Crippen LogP contribution in [0.5, 0.6) is 0 Å². The summed E-state index contributed by atoms with van der Waals surface area (Å²) >= 11 is 0. The molecule has 1 fully saturated rings. The molecule has 4 N–H and O–H groups in total.